The van der Waals surface area contributed by atoms with E-state index in [-0.39, 0.29) is 15.8 Å². The van der Waals surface area contributed by atoms with E-state index in [2.05, 4.69) is 5.32 Å². The number of hydrogen-bond donors (Lipinski definition) is 1. The predicted octanol–water partition coefficient (Wildman–Crippen LogP) is 4.64. The van der Waals surface area contributed by atoms with E-state index in [1.807, 2.05) is 0 Å². The first-order valence-corrected chi connectivity index (χ1v) is 6.32. The summed E-state index contributed by atoms with van der Waals surface area (Å²) in [6, 6.07) is 0.379. The summed E-state index contributed by atoms with van der Waals surface area (Å²) >= 11 is 6.28. The molecule has 18 heavy (non-hydrogen) atoms. The number of rotatable bonds is 5. The zero-order chi connectivity index (χ0) is 14.0. The number of thiophene rings is 1. The third kappa shape index (κ3) is 3.33. The first-order chi connectivity index (χ1) is 8.20. The summed E-state index contributed by atoms with van der Waals surface area (Å²) < 4.78 is 64.1. The molecule has 1 rings (SSSR count). The van der Waals surface area contributed by atoms with Crippen LogP contribution in [0, 0.1) is 0 Å². The van der Waals surface area contributed by atoms with Crippen LogP contribution >= 0.6 is 22.9 Å². The molecule has 0 aliphatic heterocycles. The van der Waals surface area contributed by atoms with Crippen molar-refractivity contribution in [2.24, 2.45) is 0 Å². The molecule has 1 nitrogen and oxygen atoms in total. The maximum absolute atomic E-state index is 13.4. The van der Waals surface area contributed by atoms with Crippen molar-refractivity contribution in [3.63, 3.8) is 0 Å². The standard InChI is InChI=1S/C10H11ClF5NS/c1-2-5-17-8(6-3-4-7(11)18-6)9(12,13)10(14,15)16/h3-4,8,17H,2,5H2,1H3. The topological polar surface area (TPSA) is 12.0 Å². The fourth-order valence-corrected chi connectivity index (χ4v) is 2.52. The molecule has 0 spiro atoms. The van der Waals surface area contributed by atoms with Crippen LogP contribution in [0.1, 0.15) is 24.3 Å². The van der Waals surface area contributed by atoms with Gasteiger partial charge in [-0.15, -0.1) is 11.3 Å². The summed E-state index contributed by atoms with van der Waals surface area (Å²) in [5.74, 6) is -4.84. The Morgan fingerprint density at radius 2 is 1.89 bits per heavy atom. The molecular formula is C10H11ClF5NS. The Balaban J connectivity index is 3.05. The van der Waals surface area contributed by atoms with Crippen molar-refractivity contribution in [1.82, 2.24) is 5.32 Å². The first-order valence-electron chi connectivity index (χ1n) is 5.13. The Hall–Kier alpha value is -0.400. The maximum Gasteiger partial charge on any atom is 0.455 e. The Bertz CT molecular complexity index is 390. The van der Waals surface area contributed by atoms with Gasteiger partial charge in [-0.2, -0.15) is 22.0 Å². The zero-order valence-corrected chi connectivity index (χ0v) is 10.9. The molecule has 0 radical (unpaired) electrons. The highest BCUT2D eigenvalue weighted by Crippen LogP contribution is 2.46. The van der Waals surface area contributed by atoms with Crippen molar-refractivity contribution in [2.45, 2.75) is 31.5 Å². The van der Waals surface area contributed by atoms with Crippen LogP contribution in [0.15, 0.2) is 12.1 Å². The number of halogens is 6. The number of hydrogen-bond acceptors (Lipinski definition) is 2. The Labute approximate surface area is 110 Å². The second-order valence-corrected chi connectivity index (χ2v) is 5.40. The van der Waals surface area contributed by atoms with E-state index >= 15 is 0 Å². The summed E-state index contributed by atoms with van der Waals surface area (Å²) in [6.45, 7) is 1.74. The van der Waals surface area contributed by atoms with Crippen molar-refractivity contribution < 1.29 is 22.0 Å². The Morgan fingerprint density at radius 1 is 1.28 bits per heavy atom. The van der Waals surface area contributed by atoms with Gasteiger partial charge in [-0.05, 0) is 25.1 Å². The third-order valence-corrected chi connectivity index (χ3v) is 3.51. The van der Waals surface area contributed by atoms with E-state index in [0.717, 1.165) is 0 Å². The van der Waals surface area contributed by atoms with Crippen LogP contribution in [0.2, 0.25) is 4.34 Å². The summed E-state index contributed by atoms with van der Waals surface area (Å²) in [5.41, 5.74) is 0. The van der Waals surface area contributed by atoms with Crippen LogP contribution in [0.3, 0.4) is 0 Å². The van der Waals surface area contributed by atoms with E-state index in [1.165, 1.54) is 12.1 Å². The molecule has 1 heterocycles. The van der Waals surface area contributed by atoms with Gasteiger partial charge in [0.2, 0.25) is 0 Å². The lowest BCUT2D eigenvalue weighted by molar-refractivity contribution is -0.294. The smallest absolute Gasteiger partial charge is 0.304 e. The summed E-state index contributed by atoms with van der Waals surface area (Å²) in [6.07, 6.45) is -5.15. The summed E-state index contributed by atoms with van der Waals surface area (Å²) in [7, 11) is 0. The van der Waals surface area contributed by atoms with Gasteiger partial charge in [-0.1, -0.05) is 18.5 Å². The van der Waals surface area contributed by atoms with Crippen LogP contribution < -0.4 is 5.32 Å². The molecule has 0 aromatic carbocycles. The molecule has 8 heteroatoms. The molecular weight excluding hydrogens is 297 g/mol. The average Bonchev–Trinajstić information content (AvgIpc) is 2.63. The molecule has 1 unspecified atom stereocenters. The van der Waals surface area contributed by atoms with E-state index in [4.69, 9.17) is 11.6 Å². The minimum Gasteiger partial charge on any atom is -0.304 e. The lowest BCUT2D eigenvalue weighted by Gasteiger charge is -2.28. The fourth-order valence-electron chi connectivity index (χ4n) is 1.34. The number of alkyl halides is 5. The summed E-state index contributed by atoms with van der Waals surface area (Å²) in [4.78, 5) is -0.129. The lowest BCUT2D eigenvalue weighted by Crippen LogP contribution is -2.47. The SMILES string of the molecule is CCCNC(c1ccc(Cl)s1)C(F)(F)C(F)(F)F. The second-order valence-electron chi connectivity index (χ2n) is 3.65. The second kappa shape index (κ2) is 5.71. The monoisotopic (exact) mass is 307 g/mol. The molecule has 0 amide bonds. The number of nitrogens with one attached hydrogen (secondary N) is 1. The van der Waals surface area contributed by atoms with Gasteiger partial charge in [-0.3, -0.25) is 0 Å². The van der Waals surface area contributed by atoms with Gasteiger partial charge in [0.05, 0.1) is 4.34 Å². The zero-order valence-electron chi connectivity index (χ0n) is 9.32. The molecule has 0 aliphatic carbocycles. The molecule has 0 saturated heterocycles. The van der Waals surface area contributed by atoms with Crippen LogP contribution in [-0.4, -0.2) is 18.6 Å². The van der Waals surface area contributed by atoms with Crippen molar-refractivity contribution in [2.75, 3.05) is 6.54 Å². The van der Waals surface area contributed by atoms with Crippen molar-refractivity contribution >= 4 is 22.9 Å². The van der Waals surface area contributed by atoms with Gasteiger partial charge in [0.15, 0.2) is 0 Å². The molecule has 0 bridgehead atoms. The van der Waals surface area contributed by atoms with Crippen LogP contribution in [0.4, 0.5) is 22.0 Å². The van der Waals surface area contributed by atoms with E-state index in [1.54, 1.807) is 6.92 Å². The highest BCUT2D eigenvalue weighted by Gasteiger charge is 2.62. The van der Waals surface area contributed by atoms with Gasteiger partial charge >= 0.3 is 12.1 Å². The van der Waals surface area contributed by atoms with Crippen LogP contribution in [-0.2, 0) is 0 Å². The van der Waals surface area contributed by atoms with E-state index in [9.17, 15) is 22.0 Å². The molecule has 0 fully saturated rings. The Morgan fingerprint density at radius 3 is 2.28 bits per heavy atom. The normalized spacial score (nSPS) is 14.8. The molecule has 1 aromatic heterocycles. The van der Waals surface area contributed by atoms with Crippen molar-refractivity contribution in [3.05, 3.63) is 21.3 Å². The summed E-state index contributed by atoms with van der Waals surface area (Å²) in [5, 5.41) is 2.23. The lowest BCUT2D eigenvalue weighted by atomic mass is 10.1. The molecule has 0 saturated carbocycles. The molecule has 1 atom stereocenters. The quantitative estimate of drug-likeness (QED) is 0.781. The third-order valence-electron chi connectivity index (χ3n) is 2.22. The Kier molecular flexibility index (Phi) is 4.97. The minimum absolute atomic E-state index is 0.0614. The largest absolute Gasteiger partial charge is 0.455 e. The van der Waals surface area contributed by atoms with Gasteiger partial charge in [0.25, 0.3) is 0 Å². The highest BCUT2D eigenvalue weighted by atomic mass is 35.5. The van der Waals surface area contributed by atoms with Crippen LogP contribution in [0.5, 0.6) is 0 Å². The molecule has 104 valence electrons. The average molecular weight is 308 g/mol. The predicted molar refractivity (Wildman–Crippen MR) is 61.4 cm³/mol. The van der Waals surface area contributed by atoms with Gasteiger partial charge in [0, 0.05) is 4.88 Å². The van der Waals surface area contributed by atoms with Crippen molar-refractivity contribution in [3.8, 4) is 0 Å². The van der Waals surface area contributed by atoms with Gasteiger partial charge in [-0.25, -0.2) is 0 Å². The van der Waals surface area contributed by atoms with E-state index < -0.39 is 18.1 Å². The molecule has 1 aromatic rings. The molecule has 1 N–H and O–H groups in total. The highest BCUT2D eigenvalue weighted by molar-refractivity contribution is 7.16. The van der Waals surface area contributed by atoms with E-state index in [0.29, 0.717) is 17.8 Å². The van der Waals surface area contributed by atoms with Gasteiger partial charge < -0.3 is 5.32 Å². The minimum atomic E-state index is -5.60. The van der Waals surface area contributed by atoms with Gasteiger partial charge in [0.1, 0.15) is 6.04 Å². The fraction of sp³-hybridized carbons (Fsp3) is 0.600. The molecule has 0 aliphatic rings. The van der Waals surface area contributed by atoms with Crippen molar-refractivity contribution in [1.29, 1.82) is 0 Å². The first kappa shape index (κ1) is 15.7. The van der Waals surface area contributed by atoms with Crippen LogP contribution in [0.25, 0.3) is 0 Å². The maximum atomic E-state index is 13.4.